The third-order valence-corrected chi connectivity index (χ3v) is 4.73. The smallest absolute Gasteiger partial charge is 0.223 e. The van der Waals surface area contributed by atoms with Gasteiger partial charge >= 0.3 is 0 Å². The number of rotatable bonds is 5. The number of amides is 1. The summed E-state index contributed by atoms with van der Waals surface area (Å²) in [6.45, 7) is 3.64. The number of aryl methyl sites for hydroxylation is 1. The van der Waals surface area contributed by atoms with E-state index < -0.39 is 0 Å². The first-order valence-electron chi connectivity index (χ1n) is 8.78. The fourth-order valence-corrected chi connectivity index (χ4v) is 3.54. The summed E-state index contributed by atoms with van der Waals surface area (Å²) in [7, 11) is 1.64. The first-order valence-corrected chi connectivity index (χ1v) is 8.78. The van der Waals surface area contributed by atoms with E-state index in [0.29, 0.717) is 32.5 Å². The van der Waals surface area contributed by atoms with Crippen LogP contribution in [0, 0.1) is 0 Å². The van der Waals surface area contributed by atoms with E-state index >= 15 is 0 Å². The number of aromatic nitrogens is 5. The van der Waals surface area contributed by atoms with E-state index in [1.54, 1.807) is 7.11 Å². The number of benzene rings is 1. The summed E-state index contributed by atoms with van der Waals surface area (Å²) in [5.41, 5.74) is 1.93. The van der Waals surface area contributed by atoms with Crippen LogP contribution in [0.3, 0.4) is 0 Å². The molecule has 0 aliphatic carbocycles. The fraction of sp³-hybridized carbons (Fsp3) is 0.444. The number of para-hydroxylation sites is 2. The number of hydrogen-bond acceptors (Lipinski definition) is 5. The van der Waals surface area contributed by atoms with Crippen LogP contribution in [0.4, 0.5) is 0 Å². The SMILES string of the molecule is COCc1nnc2n1[C@@H](C)CN(C(=O)CCc1nc3ccccc3[nH]1)C2. The lowest BCUT2D eigenvalue weighted by molar-refractivity contribution is -0.133. The van der Waals surface area contributed by atoms with Gasteiger partial charge in [0.05, 0.1) is 23.6 Å². The van der Waals surface area contributed by atoms with Gasteiger partial charge in [-0.3, -0.25) is 4.79 Å². The zero-order chi connectivity index (χ0) is 18.1. The molecule has 3 heterocycles. The van der Waals surface area contributed by atoms with Gasteiger partial charge in [0.2, 0.25) is 5.91 Å². The lowest BCUT2D eigenvalue weighted by Gasteiger charge is -2.32. The normalized spacial score (nSPS) is 16.8. The van der Waals surface area contributed by atoms with Crippen LogP contribution in [0.15, 0.2) is 24.3 Å². The Kier molecular flexibility index (Phi) is 4.42. The highest BCUT2D eigenvalue weighted by Crippen LogP contribution is 2.22. The van der Waals surface area contributed by atoms with Crippen LogP contribution in [-0.2, 0) is 29.1 Å². The molecule has 1 atom stereocenters. The summed E-state index contributed by atoms with van der Waals surface area (Å²) < 4.78 is 7.25. The minimum Gasteiger partial charge on any atom is -0.377 e. The minimum absolute atomic E-state index is 0.111. The predicted molar refractivity (Wildman–Crippen MR) is 95.3 cm³/mol. The average molecular weight is 354 g/mol. The molecule has 1 amide bonds. The van der Waals surface area contributed by atoms with Crippen molar-refractivity contribution in [2.45, 2.75) is 39.0 Å². The summed E-state index contributed by atoms with van der Waals surface area (Å²) >= 11 is 0. The Hall–Kier alpha value is -2.74. The number of aromatic amines is 1. The quantitative estimate of drug-likeness (QED) is 0.755. The highest BCUT2D eigenvalue weighted by molar-refractivity contribution is 5.77. The van der Waals surface area contributed by atoms with E-state index in [0.717, 1.165) is 28.5 Å². The van der Waals surface area contributed by atoms with Gasteiger partial charge in [-0.2, -0.15) is 0 Å². The molecule has 1 aliphatic rings. The number of H-pyrrole nitrogens is 1. The Morgan fingerprint density at radius 1 is 1.35 bits per heavy atom. The molecule has 0 radical (unpaired) electrons. The van der Waals surface area contributed by atoms with Gasteiger partial charge in [0.1, 0.15) is 12.4 Å². The number of carbonyl (C=O) groups excluding carboxylic acids is 1. The molecule has 1 aromatic carbocycles. The van der Waals surface area contributed by atoms with Gasteiger partial charge in [-0.1, -0.05) is 12.1 Å². The van der Waals surface area contributed by atoms with E-state index in [1.165, 1.54) is 0 Å². The number of ether oxygens (including phenoxy) is 1. The first-order chi connectivity index (χ1) is 12.7. The Morgan fingerprint density at radius 3 is 3.00 bits per heavy atom. The van der Waals surface area contributed by atoms with Crippen molar-refractivity contribution in [1.82, 2.24) is 29.6 Å². The molecule has 0 unspecified atom stereocenters. The number of fused-ring (bicyclic) bond motifs is 2. The van der Waals surface area contributed by atoms with Gasteiger partial charge in [0, 0.05) is 26.5 Å². The molecule has 0 saturated carbocycles. The summed E-state index contributed by atoms with van der Waals surface area (Å²) in [4.78, 5) is 22.3. The molecule has 0 bridgehead atoms. The van der Waals surface area contributed by atoms with Crippen molar-refractivity contribution in [3.05, 3.63) is 41.7 Å². The molecule has 0 fully saturated rings. The standard InChI is InChI=1S/C18H22N6O2/c1-12-9-23(10-16-21-22-17(11-26-2)24(12)16)18(25)8-7-15-19-13-5-3-4-6-14(13)20-15/h3-6,12H,7-11H2,1-2H3,(H,19,20)/t12-/m0/s1. The third kappa shape index (κ3) is 3.08. The molecule has 136 valence electrons. The lowest BCUT2D eigenvalue weighted by atomic mass is 10.2. The second-order valence-corrected chi connectivity index (χ2v) is 6.66. The van der Waals surface area contributed by atoms with Crippen molar-refractivity contribution in [2.24, 2.45) is 0 Å². The highest BCUT2D eigenvalue weighted by atomic mass is 16.5. The van der Waals surface area contributed by atoms with E-state index in [4.69, 9.17) is 4.74 Å². The van der Waals surface area contributed by atoms with Gasteiger partial charge in [-0.15, -0.1) is 10.2 Å². The number of nitrogens with one attached hydrogen (secondary N) is 1. The highest BCUT2D eigenvalue weighted by Gasteiger charge is 2.28. The van der Waals surface area contributed by atoms with Gasteiger partial charge in [0.25, 0.3) is 0 Å². The Balaban J connectivity index is 1.42. The summed E-state index contributed by atoms with van der Waals surface area (Å²) in [6.07, 6.45) is 1.02. The monoisotopic (exact) mass is 354 g/mol. The average Bonchev–Trinajstić information content (AvgIpc) is 3.24. The topological polar surface area (TPSA) is 88.9 Å². The molecule has 1 N–H and O–H groups in total. The zero-order valence-electron chi connectivity index (χ0n) is 15.0. The molecular formula is C18H22N6O2. The number of methoxy groups -OCH3 is 1. The van der Waals surface area contributed by atoms with Crippen LogP contribution < -0.4 is 0 Å². The first kappa shape index (κ1) is 16.7. The maximum absolute atomic E-state index is 12.7. The molecule has 2 aromatic heterocycles. The number of carbonyl (C=O) groups is 1. The Morgan fingerprint density at radius 2 is 2.19 bits per heavy atom. The second kappa shape index (κ2) is 6.87. The molecule has 0 saturated heterocycles. The summed E-state index contributed by atoms with van der Waals surface area (Å²) in [5, 5.41) is 8.41. The van der Waals surface area contributed by atoms with Crippen molar-refractivity contribution in [3.8, 4) is 0 Å². The Bertz CT molecular complexity index is 898. The van der Waals surface area contributed by atoms with E-state index in [1.807, 2.05) is 29.2 Å². The summed E-state index contributed by atoms with van der Waals surface area (Å²) in [5.74, 6) is 2.58. The van der Waals surface area contributed by atoms with Crippen molar-refractivity contribution in [1.29, 1.82) is 0 Å². The van der Waals surface area contributed by atoms with E-state index in [-0.39, 0.29) is 11.9 Å². The maximum Gasteiger partial charge on any atom is 0.223 e. The molecule has 26 heavy (non-hydrogen) atoms. The molecular weight excluding hydrogens is 332 g/mol. The maximum atomic E-state index is 12.7. The molecule has 4 rings (SSSR count). The minimum atomic E-state index is 0.111. The van der Waals surface area contributed by atoms with Gasteiger partial charge in [0.15, 0.2) is 11.6 Å². The summed E-state index contributed by atoms with van der Waals surface area (Å²) in [6, 6.07) is 8.02. The van der Waals surface area contributed by atoms with Crippen molar-refractivity contribution < 1.29 is 9.53 Å². The molecule has 1 aliphatic heterocycles. The van der Waals surface area contributed by atoms with E-state index in [9.17, 15) is 4.79 Å². The number of imidazole rings is 1. The van der Waals surface area contributed by atoms with Crippen LogP contribution >= 0.6 is 0 Å². The van der Waals surface area contributed by atoms with Crippen LogP contribution in [0.2, 0.25) is 0 Å². The van der Waals surface area contributed by atoms with Crippen LogP contribution in [-0.4, -0.2) is 49.2 Å². The van der Waals surface area contributed by atoms with Gasteiger partial charge in [-0.25, -0.2) is 4.98 Å². The van der Waals surface area contributed by atoms with Crippen molar-refractivity contribution in [3.63, 3.8) is 0 Å². The van der Waals surface area contributed by atoms with Crippen molar-refractivity contribution in [2.75, 3.05) is 13.7 Å². The Labute approximate surface area is 151 Å². The largest absolute Gasteiger partial charge is 0.377 e. The van der Waals surface area contributed by atoms with Gasteiger partial charge < -0.3 is 19.2 Å². The van der Waals surface area contributed by atoms with Crippen LogP contribution in [0.5, 0.6) is 0 Å². The second-order valence-electron chi connectivity index (χ2n) is 6.66. The number of hydrogen-bond donors (Lipinski definition) is 1. The lowest BCUT2D eigenvalue weighted by Crippen LogP contribution is -2.41. The molecule has 0 spiro atoms. The van der Waals surface area contributed by atoms with Crippen molar-refractivity contribution >= 4 is 16.9 Å². The molecule has 3 aromatic rings. The molecule has 8 heteroatoms. The van der Waals surface area contributed by atoms with Gasteiger partial charge in [-0.05, 0) is 19.1 Å². The number of nitrogens with zero attached hydrogens (tertiary/aromatic N) is 5. The van der Waals surface area contributed by atoms with Crippen LogP contribution in [0.25, 0.3) is 11.0 Å². The molecule has 8 nitrogen and oxygen atoms in total. The van der Waals surface area contributed by atoms with Crippen LogP contribution in [0.1, 0.15) is 36.9 Å². The predicted octanol–water partition coefficient (Wildman–Crippen LogP) is 1.84. The van der Waals surface area contributed by atoms with E-state index in [2.05, 4.69) is 31.7 Å². The third-order valence-electron chi connectivity index (χ3n) is 4.73. The zero-order valence-corrected chi connectivity index (χ0v) is 15.0. The fourth-order valence-electron chi connectivity index (χ4n) is 3.54.